The number of para-hydroxylation sites is 1. The molecule has 0 radical (unpaired) electrons. The van der Waals surface area contributed by atoms with Gasteiger partial charge >= 0.3 is 0 Å². The van der Waals surface area contributed by atoms with Crippen molar-refractivity contribution in [1.82, 2.24) is 10.6 Å². The van der Waals surface area contributed by atoms with Crippen LogP contribution in [0.1, 0.15) is 27.1 Å². The summed E-state index contributed by atoms with van der Waals surface area (Å²) in [4.78, 5) is 25.0. The average molecular weight is 524 g/mol. The number of ether oxygens (including phenoxy) is 3. The van der Waals surface area contributed by atoms with Gasteiger partial charge in [0.05, 0.1) is 22.3 Å². The molecule has 0 bridgehead atoms. The van der Waals surface area contributed by atoms with E-state index in [4.69, 9.17) is 26.4 Å². The van der Waals surface area contributed by atoms with Crippen LogP contribution in [0.25, 0.3) is 0 Å². The van der Waals surface area contributed by atoms with E-state index in [2.05, 4.69) is 31.9 Å². The van der Waals surface area contributed by atoms with Crippen LogP contribution in [0.2, 0.25) is 0 Å². The summed E-state index contributed by atoms with van der Waals surface area (Å²) in [7, 11) is 3.21. The van der Waals surface area contributed by atoms with Gasteiger partial charge in [0.15, 0.2) is 5.11 Å². The van der Waals surface area contributed by atoms with Gasteiger partial charge in [-0.2, -0.15) is 0 Å². The fourth-order valence-corrected chi connectivity index (χ4v) is 3.32. The first-order valence-corrected chi connectivity index (χ1v) is 11.1. The molecule has 172 valence electrons. The zero-order valence-electron chi connectivity index (χ0n) is 17.9. The molecule has 2 rings (SSSR count). The second kappa shape index (κ2) is 13.8. The molecule has 10 heteroatoms. The number of hydrogen-bond donors (Lipinski definition) is 3. The Labute approximate surface area is 201 Å². The van der Waals surface area contributed by atoms with Crippen LogP contribution in [-0.2, 0) is 9.47 Å². The number of thiocarbonyl (C=S) groups is 1. The largest absolute Gasteiger partial charge is 0.490 e. The van der Waals surface area contributed by atoms with Gasteiger partial charge in [0.2, 0.25) is 0 Å². The van der Waals surface area contributed by atoms with E-state index in [1.807, 2.05) is 0 Å². The van der Waals surface area contributed by atoms with E-state index in [0.717, 1.165) is 0 Å². The molecule has 3 N–H and O–H groups in total. The third-order valence-electron chi connectivity index (χ3n) is 4.20. The lowest BCUT2D eigenvalue weighted by atomic mass is 10.1. The van der Waals surface area contributed by atoms with Gasteiger partial charge in [-0.25, -0.2) is 0 Å². The molecule has 0 fully saturated rings. The van der Waals surface area contributed by atoms with Crippen molar-refractivity contribution in [3.63, 3.8) is 0 Å². The predicted octanol–water partition coefficient (Wildman–Crippen LogP) is 3.37. The smallest absolute Gasteiger partial charge is 0.257 e. The highest BCUT2D eigenvalue weighted by Gasteiger charge is 2.14. The predicted molar refractivity (Wildman–Crippen MR) is 130 cm³/mol. The molecule has 0 spiro atoms. The summed E-state index contributed by atoms with van der Waals surface area (Å²) in [5, 5.41) is 8.44. The van der Waals surface area contributed by atoms with Crippen molar-refractivity contribution in [3.8, 4) is 5.75 Å². The number of rotatable bonds is 11. The molecule has 0 atom stereocenters. The molecule has 0 aliphatic heterocycles. The molecule has 0 aliphatic carbocycles. The van der Waals surface area contributed by atoms with E-state index in [1.54, 1.807) is 56.7 Å². The standard InChI is InChI=1S/C22H26BrN3O5S/c1-29-11-5-10-24-21(28)16-6-3-4-7-18(16)25-22(32)26-20(27)15-8-9-19(17(23)14-15)31-13-12-30-2/h3-4,6-9,14H,5,10-13H2,1-2H3,(H,24,28)(H2,25,26,27,32). The first-order valence-electron chi connectivity index (χ1n) is 9.86. The molecule has 32 heavy (non-hydrogen) atoms. The van der Waals surface area contributed by atoms with Crippen LogP contribution in [-0.4, -0.2) is 57.5 Å². The Balaban J connectivity index is 1.97. The number of methoxy groups -OCH3 is 2. The van der Waals surface area contributed by atoms with Crippen molar-refractivity contribution < 1.29 is 23.8 Å². The van der Waals surface area contributed by atoms with Crippen molar-refractivity contribution in [2.75, 3.05) is 45.9 Å². The molecule has 2 aromatic carbocycles. The summed E-state index contributed by atoms with van der Waals surface area (Å²) in [5.74, 6) is -0.0378. The van der Waals surface area contributed by atoms with Crippen LogP contribution in [0.4, 0.5) is 5.69 Å². The fourth-order valence-electron chi connectivity index (χ4n) is 2.63. The van der Waals surface area contributed by atoms with Crippen molar-refractivity contribution >= 4 is 50.8 Å². The van der Waals surface area contributed by atoms with Crippen molar-refractivity contribution in [2.24, 2.45) is 0 Å². The Morgan fingerprint density at radius 3 is 2.47 bits per heavy atom. The second-order valence-electron chi connectivity index (χ2n) is 6.54. The van der Waals surface area contributed by atoms with Crippen molar-refractivity contribution in [1.29, 1.82) is 0 Å². The number of amides is 2. The second-order valence-corrected chi connectivity index (χ2v) is 7.81. The maximum Gasteiger partial charge on any atom is 0.257 e. The zero-order chi connectivity index (χ0) is 23.3. The van der Waals surface area contributed by atoms with E-state index in [9.17, 15) is 9.59 Å². The van der Waals surface area contributed by atoms with Gasteiger partial charge < -0.3 is 24.8 Å². The Kier molecular flexibility index (Phi) is 11.1. The van der Waals surface area contributed by atoms with Gasteiger partial charge in [-0.15, -0.1) is 0 Å². The summed E-state index contributed by atoms with van der Waals surface area (Å²) >= 11 is 8.66. The number of benzene rings is 2. The summed E-state index contributed by atoms with van der Waals surface area (Å²) in [6, 6.07) is 11.9. The van der Waals surface area contributed by atoms with Gasteiger partial charge in [-0.1, -0.05) is 12.1 Å². The molecule has 8 nitrogen and oxygen atoms in total. The molecular formula is C22H26BrN3O5S. The Bertz CT molecular complexity index is 942. The number of nitrogens with one attached hydrogen (secondary N) is 3. The fraction of sp³-hybridized carbons (Fsp3) is 0.318. The minimum absolute atomic E-state index is 0.0752. The maximum atomic E-state index is 12.6. The first-order chi connectivity index (χ1) is 15.5. The van der Waals surface area contributed by atoms with Gasteiger partial charge in [0.1, 0.15) is 12.4 Å². The molecule has 0 unspecified atom stereocenters. The SMILES string of the molecule is COCCCNC(=O)c1ccccc1NC(=S)NC(=O)c1ccc(OCCOC)c(Br)c1. The molecule has 0 saturated heterocycles. The lowest BCUT2D eigenvalue weighted by Crippen LogP contribution is -2.35. The van der Waals surface area contributed by atoms with Crippen molar-refractivity contribution in [3.05, 3.63) is 58.1 Å². The molecule has 0 heterocycles. The van der Waals surface area contributed by atoms with Crippen molar-refractivity contribution in [2.45, 2.75) is 6.42 Å². The quantitative estimate of drug-likeness (QED) is 0.306. The van der Waals surface area contributed by atoms with Crippen LogP contribution in [0, 0.1) is 0 Å². The van der Waals surface area contributed by atoms with Crippen LogP contribution >= 0.6 is 28.1 Å². The number of anilines is 1. The Hall–Kier alpha value is -2.53. The third-order valence-corrected chi connectivity index (χ3v) is 5.02. The minimum Gasteiger partial charge on any atom is -0.490 e. The highest BCUT2D eigenvalue weighted by atomic mass is 79.9. The average Bonchev–Trinajstić information content (AvgIpc) is 2.78. The topological polar surface area (TPSA) is 97.9 Å². The van der Waals surface area contributed by atoms with Crippen LogP contribution in [0.15, 0.2) is 46.9 Å². The summed E-state index contributed by atoms with van der Waals surface area (Å²) in [5.41, 5.74) is 1.30. The zero-order valence-corrected chi connectivity index (χ0v) is 20.3. The van der Waals surface area contributed by atoms with Gasteiger partial charge in [0, 0.05) is 32.9 Å². The van der Waals surface area contributed by atoms with E-state index in [0.29, 0.717) is 59.8 Å². The molecular weight excluding hydrogens is 498 g/mol. The Morgan fingerprint density at radius 2 is 1.75 bits per heavy atom. The molecule has 2 amide bonds. The van der Waals surface area contributed by atoms with Gasteiger partial charge in [0.25, 0.3) is 11.8 Å². The summed E-state index contributed by atoms with van der Waals surface area (Å²) in [6.45, 7) is 1.91. The van der Waals surface area contributed by atoms with E-state index in [1.165, 1.54) is 0 Å². The molecule has 0 aliphatic rings. The number of halogens is 1. The lowest BCUT2D eigenvalue weighted by molar-refractivity contribution is 0.0947. The summed E-state index contributed by atoms with van der Waals surface area (Å²) in [6.07, 6.45) is 0.706. The first kappa shape index (κ1) is 25.7. The third kappa shape index (κ3) is 8.19. The number of carbonyl (C=O) groups excluding carboxylic acids is 2. The lowest BCUT2D eigenvalue weighted by Gasteiger charge is -2.14. The van der Waals surface area contributed by atoms with Crippen LogP contribution < -0.4 is 20.7 Å². The van der Waals surface area contributed by atoms with E-state index < -0.39 is 5.91 Å². The maximum absolute atomic E-state index is 12.6. The minimum atomic E-state index is -0.395. The normalized spacial score (nSPS) is 10.3. The van der Waals surface area contributed by atoms with E-state index in [-0.39, 0.29) is 11.0 Å². The monoisotopic (exact) mass is 523 g/mol. The van der Waals surface area contributed by atoms with Crippen LogP contribution in [0.3, 0.4) is 0 Å². The van der Waals surface area contributed by atoms with E-state index >= 15 is 0 Å². The Morgan fingerprint density at radius 1 is 1.00 bits per heavy atom. The number of hydrogen-bond acceptors (Lipinski definition) is 6. The molecule has 2 aromatic rings. The number of carbonyl (C=O) groups is 2. The van der Waals surface area contributed by atoms with Gasteiger partial charge in [-0.3, -0.25) is 14.9 Å². The van der Waals surface area contributed by atoms with Crippen LogP contribution in [0.5, 0.6) is 5.75 Å². The molecule has 0 saturated carbocycles. The highest BCUT2D eigenvalue weighted by molar-refractivity contribution is 9.10. The summed E-state index contributed by atoms with van der Waals surface area (Å²) < 4.78 is 16.1. The molecule has 0 aromatic heterocycles. The highest BCUT2D eigenvalue weighted by Crippen LogP contribution is 2.26. The van der Waals surface area contributed by atoms with Gasteiger partial charge in [-0.05, 0) is 64.9 Å².